The molecule has 2 heterocycles. The number of pyridine rings is 2. The first-order chi connectivity index (χ1) is 31.9. The van der Waals surface area contributed by atoms with Gasteiger partial charge in [0.05, 0.1) is 18.5 Å². The standard InChI is InChI=1S/C28H24ClFIN3O4.C20H16ClFIN3O3/c1-16-20(29)5-4-6-23(16)38-24-14-25(35)34(2)27(33-22-12-9-18(31)13-21(22)30)26(24)28(36)32-15-17-7-10-19(37-3)11-8-17;1-10-12(21)4-3-5-15(10)29-16-9-17(27)26(2)20(18(16)19(24)28)25-14-7-6-11(23)8-13(14)22/h4-14,33H,15H2,1-3H3,(H,32,36);3-9,25H,1-2H3,(H2,24,28). The van der Waals surface area contributed by atoms with Gasteiger partial charge in [-0.15, -0.1) is 0 Å². The molecule has 346 valence electrons. The third kappa shape index (κ3) is 12.1. The third-order valence-electron chi connectivity index (χ3n) is 10.1. The number of rotatable bonds is 13. The van der Waals surface area contributed by atoms with Gasteiger partial charge in [0, 0.05) is 61.1 Å². The highest BCUT2D eigenvalue weighted by molar-refractivity contribution is 14.1. The average molecular weight is 1180 g/mol. The van der Waals surface area contributed by atoms with Crippen molar-refractivity contribution in [2.75, 3.05) is 17.7 Å². The summed E-state index contributed by atoms with van der Waals surface area (Å²) in [5.41, 5.74) is 6.85. The molecule has 0 radical (unpaired) electrons. The van der Waals surface area contributed by atoms with Gasteiger partial charge in [-0.25, -0.2) is 8.78 Å². The second-order valence-corrected chi connectivity index (χ2v) is 17.9. The molecule has 2 amide bonds. The van der Waals surface area contributed by atoms with Gasteiger partial charge in [0.1, 0.15) is 63.1 Å². The number of anilines is 4. The molecule has 0 bridgehead atoms. The summed E-state index contributed by atoms with van der Waals surface area (Å²) < 4.78 is 50.0. The van der Waals surface area contributed by atoms with Crippen molar-refractivity contribution in [2.45, 2.75) is 20.4 Å². The summed E-state index contributed by atoms with van der Waals surface area (Å²) in [7, 11) is 4.50. The number of halogens is 6. The quantitative estimate of drug-likeness (QED) is 0.0822. The summed E-state index contributed by atoms with van der Waals surface area (Å²) in [6, 6.07) is 28.8. The smallest absolute Gasteiger partial charge is 0.259 e. The van der Waals surface area contributed by atoms with Crippen LogP contribution in [0.25, 0.3) is 0 Å². The number of nitrogens with two attached hydrogens (primary N) is 1. The molecule has 5 N–H and O–H groups in total. The van der Waals surface area contributed by atoms with Crippen molar-refractivity contribution in [3.8, 4) is 28.7 Å². The Bertz CT molecular complexity index is 3150. The maximum atomic E-state index is 14.8. The van der Waals surface area contributed by atoms with Gasteiger partial charge in [0.25, 0.3) is 22.9 Å². The van der Waals surface area contributed by atoms with Crippen LogP contribution in [0, 0.1) is 32.6 Å². The second kappa shape index (κ2) is 22.1. The molecular formula is C48H40Cl2F2I2N6O7. The fraction of sp³-hybridized carbons (Fsp3) is 0.125. The van der Waals surface area contributed by atoms with Crippen molar-refractivity contribution < 1.29 is 32.6 Å². The largest absolute Gasteiger partial charge is 0.497 e. The summed E-state index contributed by atoms with van der Waals surface area (Å²) in [6.45, 7) is 3.70. The first kappa shape index (κ1) is 50.3. The number of hydrogen-bond acceptors (Lipinski definition) is 9. The first-order valence-corrected chi connectivity index (χ1v) is 22.8. The van der Waals surface area contributed by atoms with Crippen LogP contribution in [0.4, 0.5) is 31.8 Å². The Morgan fingerprint density at radius 2 is 1.10 bits per heavy atom. The molecule has 0 fully saturated rings. The number of ether oxygens (including phenoxy) is 3. The van der Waals surface area contributed by atoms with Gasteiger partial charge < -0.3 is 35.9 Å². The fourth-order valence-corrected chi connectivity index (χ4v) is 7.59. The number of primary amides is 1. The van der Waals surface area contributed by atoms with E-state index in [-0.39, 0.29) is 52.2 Å². The van der Waals surface area contributed by atoms with Crippen LogP contribution in [-0.2, 0) is 20.6 Å². The summed E-state index contributed by atoms with van der Waals surface area (Å²) in [4.78, 5) is 51.3. The van der Waals surface area contributed by atoms with Crippen LogP contribution < -0.4 is 47.0 Å². The molecule has 2 aromatic heterocycles. The zero-order valence-electron chi connectivity index (χ0n) is 36.2. The van der Waals surface area contributed by atoms with E-state index in [9.17, 15) is 28.0 Å². The minimum absolute atomic E-state index is 0.000817. The van der Waals surface area contributed by atoms with E-state index in [4.69, 9.17) is 43.1 Å². The maximum absolute atomic E-state index is 14.8. The summed E-state index contributed by atoms with van der Waals surface area (Å²) in [5, 5.41) is 9.51. The summed E-state index contributed by atoms with van der Waals surface area (Å²) in [6.07, 6.45) is 0. The lowest BCUT2D eigenvalue weighted by Crippen LogP contribution is -2.29. The van der Waals surface area contributed by atoms with E-state index in [1.54, 1.807) is 81.6 Å². The second-order valence-electron chi connectivity index (χ2n) is 14.6. The highest BCUT2D eigenvalue weighted by Gasteiger charge is 2.25. The van der Waals surface area contributed by atoms with Crippen molar-refractivity contribution in [3.05, 3.63) is 187 Å². The molecular weight excluding hydrogens is 1140 g/mol. The van der Waals surface area contributed by atoms with E-state index in [1.165, 1.54) is 49.0 Å². The van der Waals surface area contributed by atoms with E-state index in [1.807, 2.05) is 57.3 Å². The molecule has 5 aromatic carbocycles. The molecule has 0 aliphatic rings. The number of amides is 2. The number of benzene rings is 5. The Hall–Kier alpha value is -6.16. The number of nitrogens with zero attached hydrogens (tertiary/aromatic N) is 2. The van der Waals surface area contributed by atoms with Crippen LogP contribution in [0.1, 0.15) is 37.4 Å². The Kier molecular flexibility index (Phi) is 16.6. The Balaban J connectivity index is 0.000000229. The predicted molar refractivity (Wildman–Crippen MR) is 273 cm³/mol. The van der Waals surface area contributed by atoms with Gasteiger partial charge in [-0.2, -0.15) is 0 Å². The van der Waals surface area contributed by atoms with E-state index >= 15 is 0 Å². The van der Waals surface area contributed by atoms with Crippen molar-refractivity contribution >= 4 is 103 Å². The molecule has 0 unspecified atom stereocenters. The van der Waals surface area contributed by atoms with Gasteiger partial charge in [-0.1, -0.05) is 47.5 Å². The molecule has 0 spiro atoms. The first-order valence-electron chi connectivity index (χ1n) is 19.9. The Morgan fingerprint density at radius 3 is 1.54 bits per heavy atom. The van der Waals surface area contributed by atoms with Gasteiger partial charge in [-0.05, 0) is 137 Å². The fourth-order valence-electron chi connectivity index (χ4n) is 6.35. The Labute approximate surface area is 420 Å². The third-order valence-corrected chi connectivity index (χ3v) is 12.3. The van der Waals surface area contributed by atoms with Gasteiger partial charge in [0.2, 0.25) is 0 Å². The molecule has 0 aliphatic heterocycles. The lowest BCUT2D eigenvalue weighted by molar-refractivity contribution is 0.0947. The van der Waals surface area contributed by atoms with Crippen LogP contribution in [-0.4, -0.2) is 28.1 Å². The molecule has 0 saturated heterocycles. The van der Waals surface area contributed by atoms with Gasteiger partial charge in [0.15, 0.2) is 0 Å². The number of nitrogens with one attached hydrogen (secondary N) is 3. The lowest BCUT2D eigenvalue weighted by atomic mass is 10.1. The predicted octanol–water partition coefficient (Wildman–Crippen LogP) is 11.3. The molecule has 7 aromatic rings. The van der Waals surface area contributed by atoms with Crippen LogP contribution in [0.2, 0.25) is 10.0 Å². The molecule has 19 heteroatoms. The van der Waals surface area contributed by atoms with E-state index in [2.05, 4.69) is 16.0 Å². The van der Waals surface area contributed by atoms with Crippen molar-refractivity contribution in [1.29, 1.82) is 0 Å². The lowest BCUT2D eigenvalue weighted by Gasteiger charge is -2.20. The van der Waals surface area contributed by atoms with Crippen LogP contribution in [0.3, 0.4) is 0 Å². The molecule has 0 aliphatic carbocycles. The monoisotopic (exact) mass is 1170 g/mol. The number of carbonyl (C=O) groups is 2. The zero-order chi connectivity index (χ0) is 48.7. The van der Waals surface area contributed by atoms with E-state index in [0.717, 1.165) is 16.2 Å². The van der Waals surface area contributed by atoms with Crippen molar-refractivity contribution in [1.82, 2.24) is 14.5 Å². The van der Waals surface area contributed by atoms with E-state index < -0.39 is 34.6 Å². The summed E-state index contributed by atoms with van der Waals surface area (Å²) in [5.74, 6) is -0.999. The van der Waals surface area contributed by atoms with Gasteiger partial charge >= 0.3 is 0 Å². The molecule has 13 nitrogen and oxygen atoms in total. The minimum Gasteiger partial charge on any atom is -0.497 e. The maximum Gasteiger partial charge on any atom is 0.259 e. The molecule has 0 saturated carbocycles. The summed E-state index contributed by atoms with van der Waals surface area (Å²) >= 11 is 16.4. The molecule has 0 atom stereocenters. The Morgan fingerprint density at radius 1 is 0.657 bits per heavy atom. The zero-order valence-corrected chi connectivity index (χ0v) is 42.0. The number of methoxy groups -OCH3 is 1. The van der Waals surface area contributed by atoms with Crippen molar-refractivity contribution in [3.63, 3.8) is 0 Å². The highest BCUT2D eigenvalue weighted by atomic mass is 127. The van der Waals surface area contributed by atoms with Crippen LogP contribution in [0.5, 0.6) is 28.7 Å². The van der Waals surface area contributed by atoms with Crippen LogP contribution in [0.15, 0.2) is 119 Å². The van der Waals surface area contributed by atoms with E-state index in [0.29, 0.717) is 45.6 Å². The highest BCUT2D eigenvalue weighted by Crippen LogP contribution is 2.36. The molecule has 7 rings (SSSR count). The normalized spacial score (nSPS) is 10.7. The number of aromatic nitrogens is 2. The topological polar surface area (TPSA) is 168 Å². The van der Waals surface area contributed by atoms with Crippen LogP contribution >= 0.6 is 68.4 Å². The van der Waals surface area contributed by atoms with Gasteiger partial charge in [-0.3, -0.25) is 28.3 Å². The number of hydrogen-bond donors (Lipinski definition) is 4. The average Bonchev–Trinajstić information content (AvgIpc) is 3.28. The van der Waals surface area contributed by atoms with Crippen molar-refractivity contribution in [2.24, 2.45) is 19.8 Å². The SMILES string of the molecule is COc1ccc(CNC(=O)c2c(Oc3cccc(Cl)c3C)cc(=O)n(C)c2Nc2ccc(I)cc2F)cc1.Cc1c(Cl)cccc1Oc1cc(=O)n(C)c(Nc2ccc(I)cc2F)c1C(N)=O. The minimum atomic E-state index is -0.844. The number of carbonyl (C=O) groups excluding carboxylic acids is 2. The molecule has 67 heavy (non-hydrogen) atoms.